The lowest BCUT2D eigenvalue weighted by Gasteiger charge is -2.35. The van der Waals surface area contributed by atoms with E-state index >= 15 is 0 Å². The lowest BCUT2D eigenvalue weighted by molar-refractivity contribution is -0.0555. The van der Waals surface area contributed by atoms with Gasteiger partial charge in [-0.15, -0.1) is 0 Å². The van der Waals surface area contributed by atoms with Gasteiger partial charge >= 0.3 is 0 Å². The van der Waals surface area contributed by atoms with Gasteiger partial charge in [0.2, 0.25) is 5.89 Å². The Morgan fingerprint density at radius 2 is 2.24 bits per heavy atom. The van der Waals surface area contributed by atoms with Gasteiger partial charge < -0.3 is 9.26 Å². The van der Waals surface area contributed by atoms with E-state index in [1.54, 1.807) is 0 Å². The molecule has 1 aromatic heterocycles. The fourth-order valence-corrected chi connectivity index (χ4v) is 2.05. The zero-order valence-corrected chi connectivity index (χ0v) is 10.8. The minimum absolute atomic E-state index is 0.282. The molecular formula is C12H21N3O2. The first kappa shape index (κ1) is 12.5. The van der Waals surface area contributed by atoms with E-state index in [-0.39, 0.29) is 6.10 Å². The van der Waals surface area contributed by atoms with Crippen LogP contribution in [0.2, 0.25) is 0 Å². The second-order valence-electron chi connectivity index (χ2n) is 4.78. The summed E-state index contributed by atoms with van der Waals surface area (Å²) in [4.78, 5) is 6.72. The molecule has 5 nitrogen and oxygen atoms in total. The standard InChI is InChI=1S/C12H21N3O2/c1-4-5-11-13-12(17-14-11)7-15-6-10(3)16-8-9(15)2/h9-10H,4-8H2,1-3H3. The van der Waals surface area contributed by atoms with E-state index in [2.05, 4.69) is 35.8 Å². The van der Waals surface area contributed by atoms with E-state index in [1.165, 1.54) is 0 Å². The van der Waals surface area contributed by atoms with Crippen molar-refractivity contribution < 1.29 is 9.26 Å². The molecule has 2 atom stereocenters. The van der Waals surface area contributed by atoms with E-state index < -0.39 is 0 Å². The highest BCUT2D eigenvalue weighted by molar-refractivity contribution is 4.88. The third-order valence-corrected chi connectivity index (χ3v) is 3.06. The largest absolute Gasteiger partial charge is 0.376 e. The van der Waals surface area contributed by atoms with Gasteiger partial charge in [-0.3, -0.25) is 4.90 Å². The van der Waals surface area contributed by atoms with Crippen LogP contribution in [0.4, 0.5) is 0 Å². The quantitative estimate of drug-likeness (QED) is 0.799. The number of ether oxygens (including phenoxy) is 1. The van der Waals surface area contributed by atoms with Gasteiger partial charge in [-0.2, -0.15) is 4.98 Å². The number of morpholine rings is 1. The molecule has 96 valence electrons. The maximum absolute atomic E-state index is 5.59. The Balaban J connectivity index is 1.94. The van der Waals surface area contributed by atoms with Crippen molar-refractivity contribution in [3.05, 3.63) is 11.7 Å². The van der Waals surface area contributed by atoms with Crippen LogP contribution in [0.5, 0.6) is 0 Å². The average Bonchev–Trinajstić information content (AvgIpc) is 2.72. The summed E-state index contributed by atoms with van der Waals surface area (Å²) in [5.74, 6) is 1.53. The van der Waals surface area contributed by atoms with Crippen LogP contribution in [-0.4, -0.2) is 40.3 Å². The molecule has 0 spiro atoms. The first-order valence-corrected chi connectivity index (χ1v) is 6.36. The van der Waals surface area contributed by atoms with Crippen molar-refractivity contribution in [2.45, 2.75) is 52.3 Å². The third kappa shape index (κ3) is 3.26. The van der Waals surface area contributed by atoms with Gasteiger partial charge in [-0.1, -0.05) is 12.1 Å². The molecule has 17 heavy (non-hydrogen) atoms. The normalized spacial score (nSPS) is 26.3. The number of hydrogen-bond acceptors (Lipinski definition) is 5. The first-order valence-electron chi connectivity index (χ1n) is 6.36. The topological polar surface area (TPSA) is 51.4 Å². The third-order valence-electron chi connectivity index (χ3n) is 3.06. The zero-order chi connectivity index (χ0) is 12.3. The lowest BCUT2D eigenvalue weighted by atomic mass is 10.2. The summed E-state index contributed by atoms with van der Waals surface area (Å²) >= 11 is 0. The van der Waals surface area contributed by atoms with Gasteiger partial charge in [-0.05, 0) is 20.3 Å². The van der Waals surface area contributed by atoms with Gasteiger partial charge in [0.1, 0.15) is 0 Å². The molecule has 1 aliphatic rings. The van der Waals surface area contributed by atoms with Crippen molar-refractivity contribution in [3.8, 4) is 0 Å². The van der Waals surface area contributed by atoms with Crippen molar-refractivity contribution in [3.63, 3.8) is 0 Å². The summed E-state index contributed by atoms with van der Waals surface area (Å²) in [6.07, 6.45) is 2.21. The minimum Gasteiger partial charge on any atom is -0.376 e. The van der Waals surface area contributed by atoms with Gasteiger partial charge in [-0.25, -0.2) is 0 Å². The van der Waals surface area contributed by atoms with Crippen LogP contribution in [0.15, 0.2) is 4.52 Å². The monoisotopic (exact) mass is 239 g/mol. The van der Waals surface area contributed by atoms with Crippen LogP contribution in [0.1, 0.15) is 38.9 Å². The SMILES string of the molecule is CCCc1noc(CN2CC(C)OCC2C)n1. The predicted molar refractivity (Wildman–Crippen MR) is 63.6 cm³/mol. The van der Waals surface area contributed by atoms with E-state index in [9.17, 15) is 0 Å². The van der Waals surface area contributed by atoms with Crippen molar-refractivity contribution in [2.75, 3.05) is 13.2 Å². The van der Waals surface area contributed by atoms with Gasteiger partial charge in [0, 0.05) is 19.0 Å². The van der Waals surface area contributed by atoms with E-state index in [0.29, 0.717) is 6.04 Å². The highest BCUT2D eigenvalue weighted by Gasteiger charge is 2.24. The number of aromatic nitrogens is 2. The van der Waals surface area contributed by atoms with Crippen LogP contribution < -0.4 is 0 Å². The van der Waals surface area contributed by atoms with Crippen LogP contribution in [0.25, 0.3) is 0 Å². The fraction of sp³-hybridized carbons (Fsp3) is 0.833. The van der Waals surface area contributed by atoms with Crippen LogP contribution in [-0.2, 0) is 17.7 Å². The predicted octanol–water partition coefficient (Wildman–Crippen LogP) is 1.63. The maximum atomic E-state index is 5.59. The molecule has 5 heteroatoms. The van der Waals surface area contributed by atoms with Gasteiger partial charge in [0.05, 0.1) is 19.3 Å². The molecular weight excluding hydrogens is 218 g/mol. The number of aryl methyl sites for hydroxylation is 1. The molecule has 2 unspecified atom stereocenters. The summed E-state index contributed by atoms with van der Waals surface area (Å²) in [6, 6.07) is 0.410. The molecule has 0 bridgehead atoms. The smallest absolute Gasteiger partial charge is 0.240 e. The summed E-state index contributed by atoms with van der Waals surface area (Å²) in [5, 5.41) is 3.97. The summed E-state index contributed by atoms with van der Waals surface area (Å²) in [6.45, 7) is 8.79. The molecule has 0 saturated carbocycles. The number of nitrogens with zero attached hydrogens (tertiary/aromatic N) is 3. The molecule has 0 aliphatic carbocycles. The van der Waals surface area contributed by atoms with E-state index in [0.717, 1.165) is 44.3 Å². The lowest BCUT2D eigenvalue weighted by Crippen LogP contribution is -2.46. The van der Waals surface area contributed by atoms with Crippen molar-refractivity contribution in [2.24, 2.45) is 0 Å². The molecule has 0 amide bonds. The summed E-state index contributed by atoms with van der Waals surface area (Å²) in [7, 11) is 0. The van der Waals surface area contributed by atoms with E-state index in [1.807, 2.05) is 0 Å². The average molecular weight is 239 g/mol. The molecule has 1 aromatic rings. The van der Waals surface area contributed by atoms with Crippen molar-refractivity contribution >= 4 is 0 Å². The van der Waals surface area contributed by atoms with E-state index in [4.69, 9.17) is 9.26 Å². The molecule has 0 N–H and O–H groups in total. The van der Waals surface area contributed by atoms with Crippen LogP contribution in [0, 0.1) is 0 Å². The Bertz CT molecular complexity index is 353. The molecule has 0 aromatic carbocycles. The number of rotatable bonds is 4. The second-order valence-corrected chi connectivity index (χ2v) is 4.78. The Kier molecular flexibility index (Phi) is 4.12. The molecule has 1 saturated heterocycles. The van der Waals surface area contributed by atoms with Crippen molar-refractivity contribution in [1.29, 1.82) is 0 Å². The van der Waals surface area contributed by atoms with Crippen molar-refractivity contribution in [1.82, 2.24) is 15.0 Å². The molecule has 1 fully saturated rings. The Morgan fingerprint density at radius 3 is 3.00 bits per heavy atom. The zero-order valence-electron chi connectivity index (χ0n) is 10.8. The molecule has 2 heterocycles. The first-order chi connectivity index (χ1) is 8.19. The highest BCUT2D eigenvalue weighted by atomic mass is 16.5. The summed E-state index contributed by atoms with van der Waals surface area (Å²) < 4.78 is 10.9. The maximum Gasteiger partial charge on any atom is 0.240 e. The van der Waals surface area contributed by atoms with Gasteiger partial charge in [0.15, 0.2) is 5.82 Å². The molecule has 2 rings (SSSR count). The molecule has 1 aliphatic heterocycles. The minimum atomic E-state index is 0.282. The van der Waals surface area contributed by atoms with Gasteiger partial charge in [0.25, 0.3) is 0 Å². The summed E-state index contributed by atoms with van der Waals surface area (Å²) in [5.41, 5.74) is 0. The second kappa shape index (κ2) is 5.60. The Hall–Kier alpha value is -0.940. The molecule has 0 radical (unpaired) electrons. The highest BCUT2D eigenvalue weighted by Crippen LogP contribution is 2.14. The number of hydrogen-bond donors (Lipinski definition) is 0. The van der Waals surface area contributed by atoms with Crippen LogP contribution in [0.3, 0.4) is 0 Å². The van der Waals surface area contributed by atoms with Crippen LogP contribution >= 0.6 is 0 Å². The fourth-order valence-electron chi connectivity index (χ4n) is 2.05. The Morgan fingerprint density at radius 1 is 1.41 bits per heavy atom. The Labute approximate surface area is 102 Å².